The van der Waals surface area contributed by atoms with E-state index in [4.69, 9.17) is 0 Å². The molecule has 1 fully saturated rings. The molecule has 2 bridgehead atoms. The molecular weight excluding hydrogens is 360 g/mol. The van der Waals surface area contributed by atoms with Crippen molar-refractivity contribution < 1.29 is 9.90 Å². The molecule has 0 spiro atoms. The molecule has 0 radical (unpaired) electrons. The number of aliphatic hydroxyl groups is 1. The fourth-order valence-electron chi connectivity index (χ4n) is 4.75. The number of carbonyl (C=O) groups is 1. The Bertz CT molecular complexity index is 722. The number of nitrogens with one attached hydrogen (secondary N) is 1. The van der Waals surface area contributed by atoms with Crippen molar-refractivity contribution in [3.63, 3.8) is 0 Å². The fraction of sp³-hybridized carbons (Fsp3) is 0.640. The Morgan fingerprint density at radius 3 is 2.55 bits per heavy atom. The van der Waals surface area contributed by atoms with Crippen molar-refractivity contribution in [3.8, 4) is 0 Å². The summed E-state index contributed by atoms with van der Waals surface area (Å²) in [6.45, 7) is 8.33. The number of hydrogen-bond acceptors (Lipinski definition) is 3. The lowest BCUT2D eigenvalue weighted by atomic mass is 9.61. The minimum atomic E-state index is -0.574. The Balaban J connectivity index is 1.46. The molecule has 1 saturated carbocycles. The van der Waals surface area contributed by atoms with E-state index in [-0.39, 0.29) is 17.2 Å². The number of nitrogens with zero attached hydrogens (tertiary/aromatic N) is 1. The second-order valence-electron chi connectivity index (χ2n) is 10.1. The van der Waals surface area contributed by atoms with E-state index in [1.54, 1.807) is 0 Å². The van der Waals surface area contributed by atoms with Crippen LogP contribution in [-0.4, -0.2) is 48.2 Å². The maximum atomic E-state index is 11.9. The molecule has 1 amide bonds. The SMILES string of the molecule is CN(CCCNC(=O)C(C)(C)C)CC[C@]1(O)C[C@H]2CC[C@H]1C=C2c1ccccc1. The van der Waals surface area contributed by atoms with E-state index in [1.807, 2.05) is 20.8 Å². The fourth-order valence-corrected chi connectivity index (χ4v) is 4.75. The lowest BCUT2D eigenvalue weighted by molar-refractivity contribution is -0.128. The standard InChI is InChI=1S/C25H38N2O2/c1-24(2,3)23(28)26-14-8-15-27(4)16-13-25(29)18-20-11-12-21(25)17-22(20)19-9-6-5-7-10-19/h5-7,9-10,17,20-21,29H,8,11-16,18H2,1-4H3,(H,26,28)/t20-,21+,25+/m1/s1. The van der Waals surface area contributed by atoms with Crippen LogP contribution in [0.4, 0.5) is 0 Å². The Kier molecular flexibility index (Phi) is 6.85. The summed E-state index contributed by atoms with van der Waals surface area (Å²) in [6.07, 6.45) is 7.28. The molecule has 0 aliphatic heterocycles. The van der Waals surface area contributed by atoms with E-state index >= 15 is 0 Å². The summed E-state index contributed by atoms with van der Waals surface area (Å²) in [6, 6.07) is 10.6. The van der Waals surface area contributed by atoms with Crippen molar-refractivity contribution in [3.05, 3.63) is 42.0 Å². The van der Waals surface area contributed by atoms with Gasteiger partial charge in [0, 0.05) is 24.4 Å². The molecule has 0 aromatic heterocycles. The van der Waals surface area contributed by atoms with Gasteiger partial charge in [-0.15, -0.1) is 0 Å². The molecule has 3 atom stereocenters. The van der Waals surface area contributed by atoms with Crippen LogP contribution in [0.1, 0.15) is 58.4 Å². The van der Waals surface area contributed by atoms with Gasteiger partial charge in [0.2, 0.25) is 5.91 Å². The van der Waals surface area contributed by atoms with Gasteiger partial charge in [-0.3, -0.25) is 4.79 Å². The summed E-state index contributed by atoms with van der Waals surface area (Å²) in [5.41, 5.74) is 1.85. The van der Waals surface area contributed by atoms with Gasteiger partial charge < -0.3 is 15.3 Å². The van der Waals surface area contributed by atoms with Crippen molar-refractivity contribution in [2.75, 3.05) is 26.7 Å². The van der Waals surface area contributed by atoms with Gasteiger partial charge in [-0.05, 0) is 62.8 Å². The summed E-state index contributed by atoms with van der Waals surface area (Å²) >= 11 is 0. The van der Waals surface area contributed by atoms with Crippen LogP contribution >= 0.6 is 0 Å². The van der Waals surface area contributed by atoms with E-state index in [9.17, 15) is 9.90 Å². The first-order chi connectivity index (χ1) is 13.7. The van der Waals surface area contributed by atoms with Crippen LogP contribution in [0.5, 0.6) is 0 Å². The minimum absolute atomic E-state index is 0.105. The maximum absolute atomic E-state index is 11.9. The van der Waals surface area contributed by atoms with Crippen LogP contribution in [0.2, 0.25) is 0 Å². The van der Waals surface area contributed by atoms with Gasteiger partial charge in [0.1, 0.15) is 0 Å². The molecule has 160 valence electrons. The number of carbonyl (C=O) groups excluding carboxylic acids is 1. The van der Waals surface area contributed by atoms with Crippen LogP contribution in [0, 0.1) is 17.3 Å². The molecule has 4 heteroatoms. The van der Waals surface area contributed by atoms with E-state index < -0.39 is 5.60 Å². The molecule has 2 N–H and O–H groups in total. The van der Waals surface area contributed by atoms with Gasteiger partial charge in [0.15, 0.2) is 0 Å². The third kappa shape index (κ3) is 5.49. The van der Waals surface area contributed by atoms with Gasteiger partial charge in [-0.25, -0.2) is 0 Å². The highest BCUT2D eigenvalue weighted by Crippen LogP contribution is 2.51. The summed E-state index contributed by atoms with van der Waals surface area (Å²) in [5.74, 6) is 0.848. The minimum Gasteiger partial charge on any atom is -0.389 e. The monoisotopic (exact) mass is 398 g/mol. The van der Waals surface area contributed by atoms with Crippen LogP contribution in [0.15, 0.2) is 36.4 Å². The van der Waals surface area contributed by atoms with Gasteiger partial charge in [0.25, 0.3) is 0 Å². The summed E-state index contributed by atoms with van der Waals surface area (Å²) in [4.78, 5) is 14.2. The van der Waals surface area contributed by atoms with E-state index in [0.29, 0.717) is 12.5 Å². The predicted molar refractivity (Wildman–Crippen MR) is 119 cm³/mol. The third-order valence-electron chi connectivity index (χ3n) is 6.65. The molecule has 3 aliphatic rings. The molecule has 4 nitrogen and oxygen atoms in total. The highest BCUT2D eigenvalue weighted by Gasteiger charge is 2.46. The first-order valence-corrected chi connectivity index (χ1v) is 11.2. The Morgan fingerprint density at radius 2 is 1.93 bits per heavy atom. The smallest absolute Gasteiger partial charge is 0.225 e. The molecular formula is C25H38N2O2. The van der Waals surface area contributed by atoms with Crippen LogP contribution in [0.3, 0.4) is 0 Å². The predicted octanol–water partition coefficient (Wildman–Crippen LogP) is 4.11. The molecule has 1 aromatic carbocycles. The molecule has 3 aliphatic carbocycles. The Labute approximate surface area is 176 Å². The molecule has 0 unspecified atom stereocenters. The van der Waals surface area contributed by atoms with Gasteiger partial charge >= 0.3 is 0 Å². The number of fused-ring (bicyclic) bond motifs is 2. The first-order valence-electron chi connectivity index (χ1n) is 11.2. The summed E-state index contributed by atoms with van der Waals surface area (Å²) < 4.78 is 0. The van der Waals surface area contributed by atoms with Crippen LogP contribution in [0.25, 0.3) is 5.57 Å². The normalized spacial score (nSPS) is 26.5. The molecule has 1 aromatic rings. The zero-order chi connectivity index (χ0) is 21.1. The van der Waals surface area contributed by atoms with Crippen LogP contribution in [-0.2, 0) is 4.79 Å². The third-order valence-corrected chi connectivity index (χ3v) is 6.65. The quantitative estimate of drug-likeness (QED) is 0.648. The molecule has 0 heterocycles. The van der Waals surface area contributed by atoms with Crippen molar-refractivity contribution >= 4 is 11.5 Å². The lowest BCUT2D eigenvalue weighted by Crippen LogP contribution is -2.48. The average molecular weight is 399 g/mol. The number of hydrogen-bond donors (Lipinski definition) is 2. The van der Waals surface area contributed by atoms with Crippen molar-refractivity contribution in [2.45, 2.75) is 58.5 Å². The molecule has 0 saturated heterocycles. The zero-order valence-corrected chi connectivity index (χ0v) is 18.6. The van der Waals surface area contributed by atoms with Gasteiger partial charge in [-0.2, -0.15) is 0 Å². The van der Waals surface area contributed by atoms with Crippen molar-refractivity contribution in [1.29, 1.82) is 0 Å². The van der Waals surface area contributed by atoms with E-state index in [0.717, 1.165) is 38.8 Å². The summed E-state index contributed by atoms with van der Waals surface area (Å²) in [5, 5.41) is 14.4. The number of benzene rings is 1. The molecule has 29 heavy (non-hydrogen) atoms. The average Bonchev–Trinajstić information content (AvgIpc) is 2.70. The number of rotatable bonds is 8. The lowest BCUT2D eigenvalue weighted by Gasteiger charge is -2.48. The highest BCUT2D eigenvalue weighted by atomic mass is 16.3. The summed E-state index contributed by atoms with van der Waals surface area (Å²) in [7, 11) is 2.11. The maximum Gasteiger partial charge on any atom is 0.225 e. The Hall–Kier alpha value is -1.65. The zero-order valence-electron chi connectivity index (χ0n) is 18.6. The van der Waals surface area contributed by atoms with Gasteiger partial charge in [-0.1, -0.05) is 57.2 Å². The van der Waals surface area contributed by atoms with E-state index in [1.165, 1.54) is 17.6 Å². The molecule has 4 rings (SSSR count). The van der Waals surface area contributed by atoms with Crippen molar-refractivity contribution in [2.24, 2.45) is 17.3 Å². The second-order valence-corrected chi connectivity index (χ2v) is 10.1. The second kappa shape index (κ2) is 9.01. The van der Waals surface area contributed by atoms with Crippen LogP contribution < -0.4 is 5.32 Å². The number of allylic oxidation sites excluding steroid dienone is 1. The highest BCUT2D eigenvalue weighted by molar-refractivity contribution is 5.81. The Morgan fingerprint density at radius 1 is 1.21 bits per heavy atom. The largest absolute Gasteiger partial charge is 0.389 e. The topological polar surface area (TPSA) is 52.6 Å². The number of amides is 1. The van der Waals surface area contributed by atoms with Gasteiger partial charge in [0.05, 0.1) is 5.60 Å². The van der Waals surface area contributed by atoms with E-state index in [2.05, 4.69) is 53.7 Å². The first kappa shape index (κ1) is 22.0. The van der Waals surface area contributed by atoms with Crippen molar-refractivity contribution in [1.82, 2.24) is 10.2 Å².